The Morgan fingerprint density at radius 1 is 0.929 bits per heavy atom. The van der Waals surface area contributed by atoms with Gasteiger partial charge in [0.2, 0.25) is 0 Å². The summed E-state index contributed by atoms with van der Waals surface area (Å²) in [5, 5.41) is 0. The van der Waals surface area contributed by atoms with Crippen molar-refractivity contribution in [3.05, 3.63) is 12.1 Å². The first-order valence-corrected chi connectivity index (χ1v) is 6.52. The van der Waals surface area contributed by atoms with Crippen molar-refractivity contribution in [3.8, 4) is 0 Å². The highest BCUT2D eigenvalue weighted by Crippen LogP contribution is 2.39. The van der Waals surface area contributed by atoms with Gasteiger partial charge >= 0.3 is 0 Å². The van der Waals surface area contributed by atoms with Crippen LogP contribution in [0.4, 0.5) is 0 Å². The minimum atomic E-state index is -3.95. The first kappa shape index (κ1) is 8.21. The van der Waals surface area contributed by atoms with Crippen molar-refractivity contribution in [1.29, 1.82) is 0 Å². The van der Waals surface area contributed by atoms with Gasteiger partial charge in [0.25, 0.3) is 20.0 Å². The molecule has 1 aliphatic rings. The Bertz CT molecular complexity index is 662. The molecule has 6 nitrogen and oxygen atoms in total. The zero-order chi connectivity index (χ0) is 10.1. The Morgan fingerprint density at radius 3 is 1.79 bits per heavy atom. The molecule has 0 spiro atoms. The number of sulfonamides is 2. The average Bonchev–Trinajstić information content (AvgIpc) is 2.61. The van der Waals surface area contributed by atoms with Crippen LogP contribution in [0.1, 0.15) is 0 Å². The van der Waals surface area contributed by atoms with E-state index in [1.54, 1.807) is 4.13 Å². The fourth-order valence-electron chi connectivity index (χ4n) is 1.54. The van der Waals surface area contributed by atoms with Crippen LogP contribution in [-0.2, 0) is 20.0 Å². The molecule has 14 heavy (non-hydrogen) atoms. The zero-order valence-electron chi connectivity index (χ0n) is 6.51. The van der Waals surface area contributed by atoms with Crippen LogP contribution in [0.25, 0.3) is 11.2 Å². The molecule has 1 aliphatic heterocycles. The number of hydrogen-bond acceptors (Lipinski definition) is 5. The maximum Gasteiger partial charge on any atom is 0.259 e. The molecule has 0 fully saturated rings. The molecular weight excluding hydrogens is 230 g/mol. The average molecular weight is 233 g/mol. The number of benzene rings is 1. The van der Waals surface area contributed by atoms with E-state index in [0.717, 1.165) is 0 Å². The lowest BCUT2D eigenvalue weighted by Gasteiger charge is -1.91. The van der Waals surface area contributed by atoms with Gasteiger partial charge in [-0.2, -0.15) is 0 Å². The first-order valence-electron chi connectivity index (χ1n) is 3.55. The van der Waals surface area contributed by atoms with Crippen LogP contribution in [0.2, 0.25) is 0 Å². The van der Waals surface area contributed by atoms with E-state index in [0.29, 0.717) is 0 Å². The fourth-order valence-corrected chi connectivity index (χ4v) is 5.46. The summed E-state index contributed by atoms with van der Waals surface area (Å²) in [6, 6.07) is 2.85. The summed E-state index contributed by atoms with van der Waals surface area (Å²) >= 11 is 0. The third-order valence-electron chi connectivity index (χ3n) is 2.02. The highest BCUT2D eigenvalue weighted by molar-refractivity contribution is 8.07. The van der Waals surface area contributed by atoms with Crippen molar-refractivity contribution in [3.63, 3.8) is 0 Å². The quantitative estimate of drug-likeness (QED) is 0.683. The second-order valence-electron chi connectivity index (χ2n) is 2.91. The molecule has 74 valence electrons. The lowest BCUT2D eigenvalue weighted by Crippen LogP contribution is -2.21. The van der Waals surface area contributed by atoms with Crippen LogP contribution < -0.4 is 4.13 Å². The Balaban J connectivity index is 2.68. The van der Waals surface area contributed by atoms with Gasteiger partial charge in [0.15, 0.2) is 0 Å². The van der Waals surface area contributed by atoms with E-state index in [1.165, 1.54) is 12.1 Å². The third-order valence-corrected chi connectivity index (χ3v) is 5.79. The largest absolute Gasteiger partial charge is 0.454 e. The lowest BCUT2D eigenvalue weighted by atomic mass is 10.4. The van der Waals surface area contributed by atoms with Crippen LogP contribution in [0.3, 0.4) is 0 Å². The highest BCUT2D eigenvalue weighted by Gasteiger charge is 2.44. The Morgan fingerprint density at radius 2 is 1.36 bits per heavy atom. The van der Waals surface area contributed by atoms with Gasteiger partial charge in [0, 0.05) is 0 Å². The molecule has 0 aromatic carbocycles. The van der Waals surface area contributed by atoms with Crippen LogP contribution in [0.5, 0.6) is 0 Å². The van der Waals surface area contributed by atoms with E-state index < -0.39 is 20.0 Å². The monoisotopic (exact) mass is 233 g/mol. The van der Waals surface area contributed by atoms with Crippen molar-refractivity contribution in [1.82, 2.24) is 4.13 Å². The molecule has 0 unspecified atom stereocenters. The standard InChI is InChI=1S/C6H3NO5S2/c8-13(9)5-3-1-2-4(12-3)6(5)14(10,11)7-13/h1-2,7H. The van der Waals surface area contributed by atoms with Crippen LogP contribution in [-0.4, -0.2) is 16.8 Å². The van der Waals surface area contributed by atoms with Crippen LogP contribution in [0.15, 0.2) is 26.3 Å². The normalized spacial score (nSPS) is 22.9. The van der Waals surface area contributed by atoms with E-state index in [4.69, 9.17) is 4.42 Å². The number of rotatable bonds is 0. The summed E-state index contributed by atoms with van der Waals surface area (Å²) in [4.78, 5) is -0.537. The minimum Gasteiger partial charge on any atom is -0.454 e. The molecule has 0 saturated heterocycles. The van der Waals surface area contributed by atoms with Gasteiger partial charge in [-0.15, -0.1) is 4.13 Å². The topological polar surface area (TPSA) is 93.5 Å². The molecule has 0 atom stereocenters. The van der Waals surface area contributed by atoms with Gasteiger partial charge in [-0.25, -0.2) is 16.8 Å². The minimum absolute atomic E-state index is 0.0728. The molecule has 2 aromatic heterocycles. The molecule has 3 rings (SSSR count). The second-order valence-corrected chi connectivity index (χ2v) is 6.41. The summed E-state index contributed by atoms with van der Waals surface area (Å²) in [5.74, 6) is 0. The molecule has 8 heteroatoms. The molecule has 0 amide bonds. The summed E-state index contributed by atoms with van der Waals surface area (Å²) in [5.41, 5.74) is 0.146. The summed E-state index contributed by atoms with van der Waals surface area (Å²) in [6.07, 6.45) is 0. The smallest absolute Gasteiger partial charge is 0.259 e. The number of fused-ring (bicyclic) bond motifs is 5. The molecule has 0 radical (unpaired) electrons. The first-order chi connectivity index (χ1) is 6.42. The van der Waals surface area contributed by atoms with Gasteiger partial charge in [0.05, 0.1) is 0 Å². The molecule has 2 bridgehead atoms. The van der Waals surface area contributed by atoms with E-state index in [-0.39, 0.29) is 21.0 Å². The highest BCUT2D eigenvalue weighted by atomic mass is 32.3. The summed E-state index contributed by atoms with van der Waals surface area (Å²) in [7, 11) is -7.91. The van der Waals surface area contributed by atoms with Crippen LogP contribution in [0, 0.1) is 0 Å². The second kappa shape index (κ2) is 1.95. The van der Waals surface area contributed by atoms with Gasteiger partial charge in [-0.3, -0.25) is 0 Å². The van der Waals surface area contributed by atoms with Crippen molar-refractivity contribution in [2.75, 3.05) is 0 Å². The van der Waals surface area contributed by atoms with Gasteiger partial charge in [-0.1, -0.05) is 0 Å². The lowest BCUT2D eigenvalue weighted by molar-refractivity contribution is 0.584. The predicted molar refractivity (Wildman–Crippen MR) is 44.9 cm³/mol. The molecule has 2 aromatic rings. The molecular formula is C6H3NO5S2. The van der Waals surface area contributed by atoms with Crippen molar-refractivity contribution < 1.29 is 21.3 Å². The van der Waals surface area contributed by atoms with Crippen molar-refractivity contribution in [2.45, 2.75) is 9.79 Å². The Kier molecular flexibility index (Phi) is 1.14. The maximum atomic E-state index is 11.4. The Hall–Kier alpha value is -1.12. The van der Waals surface area contributed by atoms with E-state index >= 15 is 0 Å². The molecule has 0 saturated carbocycles. The molecule has 0 aliphatic carbocycles. The zero-order valence-corrected chi connectivity index (χ0v) is 8.15. The van der Waals surface area contributed by atoms with Crippen molar-refractivity contribution in [2.24, 2.45) is 0 Å². The van der Waals surface area contributed by atoms with E-state index in [2.05, 4.69) is 0 Å². The molecule has 1 N–H and O–H groups in total. The van der Waals surface area contributed by atoms with Gasteiger partial charge < -0.3 is 4.42 Å². The number of furan rings is 2. The van der Waals surface area contributed by atoms with Crippen LogP contribution >= 0.6 is 0 Å². The number of nitrogens with one attached hydrogen (secondary N) is 1. The summed E-state index contributed by atoms with van der Waals surface area (Å²) in [6.45, 7) is 0. The maximum absolute atomic E-state index is 11.4. The predicted octanol–water partition coefficient (Wildman–Crippen LogP) is -0.149. The third kappa shape index (κ3) is 0.740. The van der Waals surface area contributed by atoms with Crippen molar-refractivity contribution >= 4 is 31.2 Å². The Labute approximate surface area is 79.0 Å². The number of hydrogen-bond donors (Lipinski definition) is 1. The van der Waals surface area contributed by atoms with E-state index in [9.17, 15) is 16.8 Å². The van der Waals surface area contributed by atoms with Gasteiger partial charge in [-0.05, 0) is 12.1 Å². The van der Waals surface area contributed by atoms with E-state index in [1.807, 2.05) is 0 Å². The summed E-state index contributed by atoms with van der Waals surface area (Å²) < 4.78 is 52.0. The van der Waals surface area contributed by atoms with Gasteiger partial charge in [0.1, 0.15) is 21.0 Å². The molecule has 3 heterocycles. The fraction of sp³-hybridized carbons (Fsp3) is 0. The SMILES string of the molecule is O=S1(=O)NS(=O)(=O)c2c1c1ccc2o1.